The van der Waals surface area contributed by atoms with Crippen molar-refractivity contribution in [3.63, 3.8) is 0 Å². The van der Waals surface area contributed by atoms with Crippen LogP contribution in [-0.4, -0.2) is 54.3 Å². The quantitative estimate of drug-likeness (QED) is 0.711. The van der Waals surface area contributed by atoms with Crippen LogP contribution < -0.4 is 0 Å². The lowest BCUT2D eigenvalue weighted by Gasteiger charge is -2.50. The van der Waals surface area contributed by atoms with Gasteiger partial charge >= 0.3 is 6.09 Å². The Morgan fingerprint density at radius 3 is 2.50 bits per heavy atom. The van der Waals surface area contributed by atoms with E-state index in [9.17, 15) is 4.79 Å². The van der Waals surface area contributed by atoms with E-state index in [0.717, 1.165) is 36.8 Å². The number of quaternary nitrogens is 1. The number of hydrogen-bond acceptors (Lipinski definition) is 3. The molecule has 4 nitrogen and oxygen atoms in total. The maximum absolute atomic E-state index is 13.2. The van der Waals surface area contributed by atoms with Crippen LogP contribution in [-0.2, 0) is 17.7 Å². The van der Waals surface area contributed by atoms with Crippen molar-refractivity contribution in [3.05, 3.63) is 21.9 Å². The number of carbonyl (C=O) groups excluding carboxylic acids is 1. The van der Waals surface area contributed by atoms with Gasteiger partial charge in [0.1, 0.15) is 6.54 Å². The molecule has 4 fully saturated rings. The minimum atomic E-state index is -0.0614. The number of amides is 1. The molecule has 3 saturated heterocycles. The predicted octanol–water partition coefficient (Wildman–Crippen LogP) is 4.43. The first-order valence-corrected chi connectivity index (χ1v) is 11.3. The summed E-state index contributed by atoms with van der Waals surface area (Å²) in [5, 5.41) is 0. The lowest BCUT2D eigenvalue weighted by atomic mass is 9.84. The second-order valence-electron chi connectivity index (χ2n) is 8.80. The van der Waals surface area contributed by atoms with Gasteiger partial charge in [-0.1, -0.05) is 19.8 Å². The van der Waals surface area contributed by atoms with Gasteiger partial charge in [0.2, 0.25) is 0 Å². The van der Waals surface area contributed by atoms with Crippen molar-refractivity contribution in [2.24, 2.45) is 5.92 Å². The van der Waals surface area contributed by atoms with Crippen LogP contribution in [0.2, 0.25) is 0 Å². The molecular formula is C21H33N2O2S+. The number of piperidine rings is 3. The van der Waals surface area contributed by atoms with Crippen molar-refractivity contribution in [1.29, 1.82) is 0 Å². The summed E-state index contributed by atoms with van der Waals surface area (Å²) in [5.74, 6) is 0.581. The van der Waals surface area contributed by atoms with E-state index >= 15 is 0 Å². The number of fused-ring (bicyclic) bond motifs is 3. The zero-order valence-electron chi connectivity index (χ0n) is 16.3. The molecule has 0 aromatic carbocycles. The highest BCUT2D eigenvalue weighted by molar-refractivity contribution is 7.11. The zero-order chi connectivity index (χ0) is 18.1. The summed E-state index contributed by atoms with van der Waals surface area (Å²) in [6.07, 6.45) is 8.28. The highest BCUT2D eigenvalue weighted by atomic mass is 32.1. The highest BCUT2D eigenvalue weighted by Crippen LogP contribution is 2.35. The average molecular weight is 378 g/mol. The molecule has 3 aliphatic heterocycles. The largest absolute Gasteiger partial charge is 0.440 e. The fourth-order valence-corrected chi connectivity index (χ4v) is 6.06. The van der Waals surface area contributed by atoms with Crippen LogP contribution in [0.25, 0.3) is 0 Å². The summed E-state index contributed by atoms with van der Waals surface area (Å²) in [5.41, 5.74) is 0. The molecule has 4 aliphatic rings. The van der Waals surface area contributed by atoms with E-state index in [1.807, 2.05) is 11.3 Å². The van der Waals surface area contributed by atoms with Crippen LogP contribution in [0.4, 0.5) is 4.79 Å². The third-order valence-electron chi connectivity index (χ3n) is 6.87. The summed E-state index contributed by atoms with van der Waals surface area (Å²) in [4.78, 5) is 17.9. The third-order valence-corrected chi connectivity index (χ3v) is 8.08. The van der Waals surface area contributed by atoms with E-state index in [1.54, 1.807) is 0 Å². The molecule has 2 bridgehead atoms. The molecule has 0 N–H and O–H groups in total. The van der Waals surface area contributed by atoms with Crippen molar-refractivity contribution in [1.82, 2.24) is 4.90 Å². The lowest BCUT2D eigenvalue weighted by molar-refractivity contribution is -0.928. The SMILES string of the molecule is CCc1ccc(CN(C(=O)O[C@H]2C[N+]3(C)CCC2CC3)C2CCCC2)s1. The highest BCUT2D eigenvalue weighted by Gasteiger charge is 2.46. The van der Waals surface area contributed by atoms with E-state index < -0.39 is 0 Å². The van der Waals surface area contributed by atoms with Gasteiger partial charge in [-0.25, -0.2) is 4.79 Å². The van der Waals surface area contributed by atoms with Crippen molar-refractivity contribution in [2.75, 3.05) is 26.7 Å². The Labute approximate surface area is 161 Å². The average Bonchev–Trinajstić information content (AvgIpc) is 3.31. The van der Waals surface area contributed by atoms with Gasteiger partial charge in [0.25, 0.3) is 0 Å². The first-order chi connectivity index (χ1) is 12.6. The van der Waals surface area contributed by atoms with Crippen molar-refractivity contribution >= 4 is 17.4 Å². The van der Waals surface area contributed by atoms with Gasteiger partial charge < -0.3 is 14.1 Å². The Hall–Kier alpha value is -1.07. The molecule has 1 atom stereocenters. The Morgan fingerprint density at radius 2 is 1.88 bits per heavy atom. The Bertz CT molecular complexity index is 630. The molecule has 4 heterocycles. The molecule has 1 aromatic heterocycles. The van der Waals surface area contributed by atoms with Gasteiger partial charge in [-0.2, -0.15) is 0 Å². The maximum Gasteiger partial charge on any atom is 0.410 e. The number of thiophene rings is 1. The van der Waals surface area contributed by atoms with Crippen LogP contribution in [0.5, 0.6) is 0 Å². The van der Waals surface area contributed by atoms with Crippen LogP contribution in [0.15, 0.2) is 12.1 Å². The van der Waals surface area contributed by atoms with Crippen LogP contribution in [0.1, 0.15) is 55.2 Å². The Morgan fingerprint density at radius 1 is 1.19 bits per heavy atom. The van der Waals surface area contributed by atoms with E-state index in [2.05, 4.69) is 31.0 Å². The van der Waals surface area contributed by atoms with Crippen molar-refractivity contribution in [2.45, 2.75) is 70.6 Å². The first kappa shape index (κ1) is 18.3. The minimum absolute atomic E-state index is 0.0614. The first-order valence-electron chi connectivity index (χ1n) is 10.4. The molecule has 0 unspecified atom stereocenters. The lowest BCUT2D eigenvalue weighted by Crippen LogP contribution is -2.62. The number of ether oxygens (including phenoxy) is 1. The molecule has 1 saturated carbocycles. The van der Waals surface area contributed by atoms with Gasteiger partial charge in [-0.15, -0.1) is 11.3 Å². The fraction of sp³-hybridized carbons (Fsp3) is 0.762. The number of rotatable bonds is 5. The number of hydrogen-bond donors (Lipinski definition) is 0. The molecule has 5 heteroatoms. The molecule has 5 rings (SSSR count). The van der Waals surface area contributed by atoms with E-state index in [-0.39, 0.29) is 12.2 Å². The molecule has 0 spiro atoms. The minimum Gasteiger partial charge on any atom is -0.440 e. The summed E-state index contributed by atoms with van der Waals surface area (Å²) in [6, 6.07) is 4.76. The van der Waals surface area contributed by atoms with E-state index in [1.165, 1.54) is 48.5 Å². The van der Waals surface area contributed by atoms with Crippen LogP contribution in [0.3, 0.4) is 0 Å². The van der Waals surface area contributed by atoms with Gasteiger partial charge in [-0.3, -0.25) is 0 Å². The summed E-state index contributed by atoms with van der Waals surface area (Å²) >= 11 is 1.84. The standard InChI is InChI=1S/C21H33N2O2S/c1-3-18-8-9-19(26-18)14-22(17-6-4-5-7-17)21(24)25-20-15-23(2)12-10-16(20)11-13-23/h8-9,16-17,20H,3-7,10-15H2,1-2H3/q+1/t16?,20-,23?/m0/s1. The second-order valence-corrected chi connectivity index (χ2v) is 10.0. The molecular weight excluding hydrogens is 344 g/mol. The predicted molar refractivity (Wildman–Crippen MR) is 105 cm³/mol. The van der Waals surface area contributed by atoms with E-state index in [4.69, 9.17) is 4.74 Å². The second kappa shape index (κ2) is 7.51. The monoisotopic (exact) mass is 377 g/mol. The maximum atomic E-state index is 13.2. The molecule has 1 aromatic rings. The van der Waals surface area contributed by atoms with Crippen LogP contribution in [0, 0.1) is 5.92 Å². The van der Waals surface area contributed by atoms with Gasteiger partial charge in [-0.05, 0) is 31.4 Å². The smallest absolute Gasteiger partial charge is 0.410 e. The summed E-state index contributed by atoms with van der Waals surface area (Å²) in [7, 11) is 2.32. The third kappa shape index (κ3) is 3.79. The van der Waals surface area contributed by atoms with Crippen molar-refractivity contribution < 1.29 is 14.0 Å². The molecule has 1 aliphatic carbocycles. The number of nitrogens with zero attached hydrogens (tertiary/aromatic N) is 2. The summed E-state index contributed by atoms with van der Waals surface area (Å²) in [6.45, 7) is 6.42. The molecule has 0 radical (unpaired) electrons. The molecule has 26 heavy (non-hydrogen) atoms. The Kier molecular flexibility index (Phi) is 5.29. The van der Waals surface area contributed by atoms with E-state index in [0.29, 0.717) is 12.0 Å². The molecule has 1 amide bonds. The fourth-order valence-electron chi connectivity index (χ4n) is 5.10. The van der Waals surface area contributed by atoms with Gasteiger partial charge in [0.05, 0.1) is 26.7 Å². The molecule has 144 valence electrons. The normalized spacial score (nSPS) is 31.3. The Balaban J connectivity index is 1.45. The van der Waals surface area contributed by atoms with Crippen molar-refractivity contribution in [3.8, 4) is 0 Å². The number of carbonyl (C=O) groups is 1. The number of aryl methyl sites for hydroxylation is 1. The topological polar surface area (TPSA) is 29.5 Å². The van der Waals surface area contributed by atoms with Crippen LogP contribution >= 0.6 is 11.3 Å². The van der Waals surface area contributed by atoms with Gasteiger partial charge in [0, 0.05) is 34.6 Å². The summed E-state index contributed by atoms with van der Waals surface area (Å²) < 4.78 is 7.23. The zero-order valence-corrected chi connectivity index (χ0v) is 17.1. The number of likely N-dealkylation sites (N-methyl/N-ethyl adjacent to an activating group) is 1. The van der Waals surface area contributed by atoms with Gasteiger partial charge in [0.15, 0.2) is 6.10 Å².